The number of benzene rings is 1. The van der Waals surface area contributed by atoms with Crippen LogP contribution in [0, 0.1) is 0 Å². The summed E-state index contributed by atoms with van der Waals surface area (Å²) in [6.45, 7) is -1.40. The van der Waals surface area contributed by atoms with Crippen LogP contribution in [-0.2, 0) is 14.3 Å². The van der Waals surface area contributed by atoms with E-state index in [9.17, 15) is 22.8 Å². The van der Waals surface area contributed by atoms with Gasteiger partial charge < -0.3 is 15.8 Å². The third-order valence-electron chi connectivity index (χ3n) is 2.65. The fourth-order valence-electron chi connectivity index (χ4n) is 1.70. The molecule has 3 N–H and O–H groups in total. The summed E-state index contributed by atoms with van der Waals surface area (Å²) in [6, 6.07) is 7.88. The lowest BCUT2D eigenvalue weighted by Crippen LogP contribution is -2.34. The molecule has 122 valence electrons. The van der Waals surface area contributed by atoms with Gasteiger partial charge in [0.05, 0.1) is 0 Å². The largest absolute Gasteiger partial charge is 0.411 e. The minimum Gasteiger partial charge on any atom is -0.370 e. The molecule has 0 radical (unpaired) electrons. The minimum atomic E-state index is -4.53. The van der Waals surface area contributed by atoms with Gasteiger partial charge in [-0.2, -0.15) is 13.2 Å². The number of hydrogen-bond acceptors (Lipinski definition) is 3. The molecule has 5 nitrogen and oxygen atoms in total. The number of nitrogens with one attached hydrogen (secondary N) is 1. The number of alkyl halides is 3. The van der Waals surface area contributed by atoms with Crippen molar-refractivity contribution >= 4 is 11.8 Å². The van der Waals surface area contributed by atoms with Gasteiger partial charge in [0, 0.05) is 13.0 Å². The predicted molar refractivity (Wildman–Crippen MR) is 72.6 cm³/mol. The van der Waals surface area contributed by atoms with Gasteiger partial charge in [-0.1, -0.05) is 30.3 Å². The summed E-state index contributed by atoms with van der Waals surface area (Å²) in [7, 11) is 0. The number of rotatable bonds is 8. The Kier molecular flexibility index (Phi) is 6.84. The van der Waals surface area contributed by atoms with E-state index in [-0.39, 0.29) is 13.0 Å². The maximum absolute atomic E-state index is 12.3. The number of nitrogens with two attached hydrogens (primary N) is 1. The molecular formula is C14H17F3N2O3. The van der Waals surface area contributed by atoms with Crippen molar-refractivity contribution in [1.82, 2.24) is 5.32 Å². The minimum absolute atomic E-state index is 0.0830. The molecule has 1 aromatic rings. The van der Waals surface area contributed by atoms with E-state index in [1.807, 2.05) is 0 Å². The fourth-order valence-corrected chi connectivity index (χ4v) is 1.70. The van der Waals surface area contributed by atoms with Crippen molar-refractivity contribution in [2.45, 2.75) is 25.1 Å². The Morgan fingerprint density at radius 3 is 2.41 bits per heavy atom. The molecule has 0 bridgehead atoms. The Morgan fingerprint density at radius 1 is 1.23 bits per heavy atom. The van der Waals surface area contributed by atoms with Gasteiger partial charge in [-0.3, -0.25) is 9.59 Å². The van der Waals surface area contributed by atoms with Crippen molar-refractivity contribution in [3.8, 4) is 0 Å². The van der Waals surface area contributed by atoms with Gasteiger partial charge in [0.25, 0.3) is 5.91 Å². The highest BCUT2D eigenvalue weighted by atomic mass is 19.4. The lowest BCUT2D eigenvalue weighted by atomic mass is 10.1. The van der Waals surface area contributed by atoms with E-state index in [4.69, 9.17) is 10.5 Å². The summed E-state index contributed by atoms with van der Waals surface area (Å²) < 4.78 is 41.6. The van der Waals surface area contributed by atoms with E-state index < -0.39 is 30.7 Å². The molecule has 0 spiro atoms. The topological polar surface area (TPSA) is 81.4 Å². The van der Waals surface area contributed by atoms with Crippen LogP contribution in [0.5, 0.6) is 0 Å². The third kappa shape index (κ3) is 7.07. The van der Waals surface area contributed by atoms with Crippen molar-refractivity contribution in [1.29, 1.82) is 0 Å². The number of carbonyl (C=O) groups excluding carboxylic acids is 2. The molecule has 0 saturated heterocycles. The molecule has 0 saturated carbocycles. The molecule has 1 aromatic carbocycles. The van der Waals surface area contributed by atoms with Crippen LogP contribution in [0.25, 0.3) is 0 Å². The highest BCUT2D eigenvalue weighted by Gasteiger charge is 2.32. The molecule has 0 unspecified atom stereocenters. The molecule has 2 amide bonds. The standard InChI is InChI=1S/C14H17F3N2O3/c15-14(16,17)9-22-12(10-5-2-1-3-6-10)13(21)19-8-4-7-11(18)20/h1-3,5-6,12H,4,7-9H2,(H2,18,20)(H,19,21)/t12-/m0/s1. The van der Waals surface area contributed by atoms with Crippen molar-refractivity contribution in [3.05, 3.63) is 35.9 Å². The van der Waals surface area contributed by atoms with E-state index in [0.717, 1.165) is 0 Å². The molecule has 0 aliphatic carbocycles. The van der Waals surface area contributed by atoms with E-state index in [2.05, 4.69) is 5.32 Å². The van der Waals surface area contributed by atoms with Crippen LogP contribution in [0.1, 0.15) is 24.5 Å². The molecule has 0 aromatic heterocycles. The van der Waals surface area contributed by atoms with Crippen LogP contribution < -0.4 is 11.1 Å². The first-order valence-electron chi connectivity index (χ1n) is 6.59. The maximum Gasteiger partial charge on any atom is 0.411 e. The van der Waals surface area contributed by atoms with Gasteiger partial charge in [-0.15, -0.1) is 0 Å². The number of ether oxygens (including phenoxy) is 1. The van der Waals surface area contributed by atoms with Crippen LogP contribution in [-0.4, -0.2) is 31.1 Å². The summed E-state index contributed by atoms with van der Waals surface area (Å²) in [5.41, 5.74) is 5.27. The number of carbonyl (C=O) groups is 2. The van der Waals surface area contributed by atoms with Crippen molar-refractivity contribution in [2.75, 3.05) is 13.2 Å². The lowest BCUT2D eigenvalue weighted by molar-refractivity contribution is -0.188. The van der Waals surface area contributed by atoms with E-state index >= 15 is 0 Å². The van der Waals surface area contributed by atoms with E-state index in [0.29, 0.717) is 12.0 Å². The van der Waals surface area contributed by atoms with Gasteiger partial charge in [0.1, 0.15) is 6.61 Å². The summed E-state index contributed by atoms with van der Waals surface area (Å²) in [5.74, 6) is -1.21. The monoisotopic (exact) mass is 318 g/mol. The third-order valence-corrected chi connectivity index (χ3v) is 2.65. The molecule has 0 aliphatic heterocycles. The van der Waals surface area contributed by atoms with Crippen LogP contribution in [0.15, 0.2) is 30.3 Å². The van der Waals surface area contributed by atoms with E-state index in [1.165, 1.54) is 12.1 Å². The quantitative estimate of drug-likeness (QED) is 0.716. The molecule has 22 heavy (non-hydrogen) atoms. The summed E-state index contributed by atoms with van der Waals surface area (Å²) in [4.78, 5) is 22.6. The number of primary amides is 1. The predicted octanol–water partition coefficient (Wildman–Crippen LogP) is 1.69. The Bertz CT molecular complexity index is 492. The number of halogens is 3. The van der Waals surface area contributed by atoms with Gasteiger partial charge in [0.15, 0.2) is 6.10 Å². The molecule has 0 heterocycles. The van der Waals surface area contributed by atoms with Gasteiger partial charge in [-0.25, -0.2) is 0 Å². The fraction of sp³-hybridized carbons (Fsp3) is 0.429. The number of amides is 2. The summed E-state index contributed by atoms with van der Waals surface area (Å²) in [5, 5.41) is 2.43. The molecular weight excluding hydrogens is 301 g/mol. The first kappa shape index (κ1) is 18.0. The second-order valence-electron chi connectivity index (χ2n) is 4.58. The van der Waals surface area contributed by atoms with Crippen molar-refractivity contribution in [3.63, 3.8) is 0 Å². The van der Waals surface area contributed by atoms with Crippen LogP contribution in [0.3, 0.4) is 0 Å². The Hall–Kier alpha value is -2.09. The summed E-state index contributed by atoms with van der Waals surface area (Å²) >= 11 is 0. The maximum atomic E-state index is 12.3. The molecule has 0 fully saturated rings. The first-order valence-corrected chi connectivity index (χ1v) is 6.59. The first-order chi connectivity index (χ1) is 10.3. The smallest absolute Gasteiger partial charge is 0.370 e. The van der Waals surface area contributed by atoms with Gasteiger partial charge in [-0.05, 0) is 12.0 Å². The molecule has 1 atom stereocenters. The zero-order chi connectivity index (χ0) is 16.6. The highest BCUT2D eigenvalue weighted by molar-refractivity contribution is 5.82. The Morgan fingerprint density at radius 2 is 1.86 bits per heavy atom. The van der Waals surface area contributed by atoms with Gasteiger partial charge in [0.2, 0.25) is 5.91 Å². The SMILES string of the molecule is NC(=O)CCCNC(=O)[C@@H](OCC(F)(F)F)c1ccccc1. The van der Waals surface area contributed by atoms with Crippen LogP contribution in [0.2, 0.25) is 0 Å². The second-order valence-corrected chi connectivity index (χ2v) is 4.58. The zero-order valence-corrected chi connectivity index (χ0v) is 11.7. The molecule has 8 heteroatoms. The lowest BCUT2D eigenvalue weighted by Gasteiger charge is -2.19. The average molecular weight is 318 g/mol. The average Bonchev–Trinajstić information content (AvgIpc) is 2.43. The van der Waals surface area contributed by atoms with Crippen LogP contribution in [0.4, 0.5) is 13.2 Å². The van der Waals surface area contributed by atoms with Crippen molar-refractivity contribution in [2.24, 2.45) is 5.73 Å². The van der Waals surface area contributed by atoms with Crippen molar-refractivity contribution < 1.29 is 27.5 Å². The molecule has 0 aliphatic rings. The van der Waals surface area contributed by atoms with Crippen LogP contribution >= 0.6 is 0 Å². The van der Waals surface area contributed by atoms with Gasteiger partial charge >= 0.3 is 6.18 Å². The second kappa shape index (κ2) is 8.38. The highest BCUT2D eigenvalue weighted by Crippen LogP contribution is 2.22. The Balaban J connectivity index is 2.64. The normalized spacial score (nSPS) is 12.7. The summed E-state index contributed by atoms with van der Waals surface area (Å²) in [6.07, 6.45) is -5.50. The van der Waals surface area contributed by atoms with E-state index in [1.54, 1.807) is 18.2 Å². The molecule has 1 rings (SSSR count). The zero-order valence-electron chi connectivity index (χ0n) is 11.7. The number of hydrogen-bond donors (Lipinski definition) is 2. The Labute approximate surface area is 125 Å².